The average Bonchev–Trinajstić information content (AvgIpc) is 2.47. The van der Waals surface area contributed by atoms with E-state index in [1.54, 1.807) is 6.07 Å². The molecule has 0 spiro atoms. The van der Waals surface area contributed by atoms with Crippen molar-refractivity contribution in [1.29, 1.82) is 0 Å². The van der Waals surface area contributed by atoms with Gasteiger partial charge in [-0.2, -0.15) is 0 Å². The van der Waals surface area contributed by atoms with E-state index in [0.29, 0.717) is 12.1 Å². The Hall–Kier alpha value is -1.02. The minimum Gasteiger partial charge on any atom is -0.392 e. The maximum atomic E-state index is 12.0. The predicted molar refractivity (Wildman–Crippen MR) is 77.8 cm³/mol. The number of sulfonamides is 1. The molecule has 0 saturated carbocycles. The number of rotatable bonds is 9. The summed E-state index contributed by atoms with van der Waals surface area (Å²) < 4.78 is 26.5. The molecule has 0 atom stereocenters. The van der Waals surface area contributed by atoms with Crippen molar-refractivity contribution in [2.75, 3.05) is 26.2 Å². The SMILES string of the molecule is CCN(CC)CCCNS(=O)(=O)c1ccc(CO)cn1. The first-order valence-corrected chi connectivity index (χ1v) is 8.29. The summed E-state index contributed by atoms with van der Waals surface area (Å²) in [5.41, 5.74) is 0.588. The summed E-state index contributed by atoms with van der Waals surface area (Å²) in [7, 11) is -3.56. The fraction of sp³-hybridized carbons (Fsp3) is 0.615. The second kappa shape index (κ2) is 8.31. The van der Waals surface area contributed by atoms with Crippen LogP contribution in [-0.4, -0.2) is 49.6 Å². The average molecular weight is 301 g/mol. The normalized spacial score (nSPS) is 12.0. The molecule has 114 valence electrons. The third kappa shape index (κ3) is 5.16. The number of aromatic nitrogens is 1. The van der Waals surface area contributed by atoms with Crippen LogP contribution in [0.5, 0.6) is 0 Å². The van der Waals surface area contributed by atoms with E-state index < -0.39 is 10.0 Å². The van der Waals surface area contributed by atoms with Gasteiger partial charge in [0.2, 0.25) is 0 Å². The molecule has 0 saturated heterocycles. The lowest BCUT2D eigenvalue weighted by Crippen LogP contribution is -2.30. The van der Waals surface area contributed by atoms with Crippen molar-refractivity contribution in [2.45, 2.75) is 31.9 Å². The second-order valence-electron chi connectivity index (χ2n) is 4.44. The summed E-state index contributed by atoms with van der Waals surface area (Å²) in [5.74, 6) is 0. The van der Waals surface area contributed by atoms with Crippen molar-refractivity contribution < 1.29 is 13.5 Å². The van der Waals surface area contributed by atoms with E-state index in [2.05, 4.69) is 28.5 Å². The molecule has 6 nitrogen and oxygen atoms in total. The van der Waals surface area contributed by atoms with Crippen LogP contribution in [0.25, 0.3) is 0 Å². The number of hydrogen-bond donors (Lipinski definition) is 2. The first-order chi connectivity index (χ1) is 9.53. The molecule has 20 heavy (non-hydrogen) atoms. The molecule has 1 aromatic heterocycles. The third-order valence-electron chi connectivity index (χ3n) is 3.09. The third-order valence-corrected chi connectivity index (χ3v) is 4.47. The lowest BCUT2D eigenvalue weighted by Gasteiger charge is -2.17. The van der Waals surface area contributed by atoms with Gasteiger partial charge in [-0.3, -0.25) is 0 Å². The Labute approximate surface area is 120 Å². The summed E-state index contributed by atoms with van der Waals surface area (Å²) >= 11 is 0. The first-order valence-electron chi connectivity index (χ1n) is 6.81. The van der Waals surface area contributed by atoms with Gasteiger partial charge in [0.1, 0.15) is 0 Å². The molecule has 0 bridgehead atoms. The molecule has 0 amide bonds. The summed E-state index contributed by atoms with van der Waals surface area (Å²) in [4.78, 5) is 6.09. The molecule has 2 N–H and O–H groups in total. The molecule has 0 aromatic carbocycles. The van der Waals surface area contributed by atoms with Crippen molar-refractivity contribution in [3.8, 4) is 0 Å². The largest absolute Gasteiger partial charge is 0.392 e. The van der Waals surface area contributed by atoms with Gasteiger partial charge in [0.15, 0.2) is 5.03 Å². The lowest BCUT2D eigenvalue weighted by molar-refractivity contribution is 0.281. The van der Waals surface area contributed by atoms with Crippen LogP contribution in [0.15, 0.2) is 23.4 Å². The van der Waals surface area contributed by atoms with Gasteiger partial charge in [-0.1, -0.05) is 19.9 Å². The zero-order chi connectivity index (χ0) is 15.0. The molecule has 1 rings (SSSR count). The molecular formula is C13H23N3O3S. The quantitative estimate of drug-likeness (QED) is 0.652. The Kier molecular flexibility index (Phi) is 7.08. The van der Waals surface area contributed by atoms with Crippen LogP contribution in [0.2, 0.25) is 0 Å². The van der Waals surface area contributed by atoms with Crippen LogP contribution in [0.1, 0.15) is 25.8 Å². The molecule has 1 heterocycles. The zero-order valence-corrected chi connectivity index (χ0v) is 12.9. The van der Waals surface area contributed by atoms with Gasteiger partial charge >= 0.3 is 0 Å². The Morgan fingerprint density at radius 1 is 1.30 bits per heavy atom. The molecular weight excluding hydrogens is 278 g/mol. The van der Waals surface area contributed by atoms with E-state index in [-0.39, 0.29) is 11.6 Å². The summed E-state index contributed by atoms with van der Waals surface area (Å²) in [6.07, 6.45) is 2.13. The highest BCUT2D eigenvalue weighted by atomic mass is 32.2. The molecule has 0 aliphatic rings. The Balaban J connectivity index is 2.48. The van der Waals surface area contributed by atoms with Crippen LogP contribution in [0, 0.1) is 0 Å². The molecule has 0 radical (unpaired) electrons. The molecule has 0 fully saturated rings. The van der Waals surface area contributed by atoms with Crippen LogP contribution in [-0.2, 0) is 16.6 Å². The van der Waals surface area contributed by atoms with E-state index in [1.807, 2.05) is 0 Å². The van der Waals surface area contributed by atoms with Gasteiger partial charge < -0.3 is 10.0 Å². The van der Waals surface area contributed by atoms with Gasteiger partial charge in [0.25, 0.3) is 10.0 Å². The second-order valence-corrected chi connectivity index (χ2v) is 6.15. The van der Waals surface area contributed by atoms with Gasteiger partial charge in [0.05, 0.1) is 6.61 Å². The predicted octanol–water partition coefficient (Wildman–Crippen LogP) is 0.584. The van der Waals surface area contributed by atoms with E-state index >= 15 is 0 Å². The molecule has 0 unspecified atom stereocenters. The molecule has 7 heteroatoms. The minimum atomic E-state index is -3.56. The van der Waals surface area contributed by atoms with Crippen LogP contribution < -0.4 is 4.72 Å². The van der Waals surface area contributed by atoms with E-state index in [0.717, 1.165) is 26.1 Å². The van der Waals surface area contributed by atoms with E-state index in [1.165, 1.54) is 12.3 Å². The number of pyridine rings is 1. The maximum absolute atomic E-state index is 12.0. The number of nitrogens with zero attached hydrogens (tertiary/aromatic N) is 2. The van der Waals surface area contributed by atoms with Crippen molar-refractivity contribution in [3.63, 3.8) is 0 Å². The fourth-order valence-corrected chi connectivity index (χ4v) is 2.79. The number of nitrogens with one attached hydrogen (secondary N) is 1. The highest BCUT2D eigenvalue weighted by Gasteiger charge is 2.14. The minimum absolute atomic E-state index is 0.0162. The fourth-order valence-electron chi connectivity index (χ4n) is 1.79. The van der Waals surface area contributed by atoms with E-state index in [4.69, 9.17) is 5.11 Å². The number of aliphatic hydroxyl groups excluding tert-OH is 1. The molecule has 1 aromatic rings. The van der Waals surface area contributed by atoms with Crippen molar-refractivity contribution in [1.82, 2.24) is 14.6 Å². The van der Waals surface area contributed by atoms with Crippen LogP contribution in [0.4, 0.5) is 0 Å². The summed E-state index contributed by atoms with van der Waals surface area (Å²) in [6, 6.07) is 2.95. The lowest BCUT2D eigenvalue weighted by atomic mass is 10.3. The summed E-state index contributed by atoms with van der Waals surface area (Å²) in [6.45, 7) is 7.21. The standard InChI is InChI=1S/C13H23N3O3S/c1-3-16(4-2)9-5-8-15-20(18,19)13-7-6-12(11-17)10-14-13/h6-7,10,15,17H,3-5,8-9,11H2,1-2H3. The Morgan fingerprint density at radius 2 is 2.00 bits per heavy atom. The van der Waals surface area contributed by atoms with Crippen molar-refractivity contribution >= 4 is 10.0 Å². The highest BCUT2D eigenvalue weighted by molar-refractivity contribution is 7.89. The van der Waals surface area contributed by atoms with Gasteiger partial charge in [-0.15, -0.1) is 0 Å². The van der Waals surface area contributed by atoms with Crippen molar-refractivity contribution in [3.05, 3.63) is 23.9 Å². The molecule has 0 aliphatic heterocycles. The van der Waals surface area contributed by atoms with Crippen LogP contribution in [0.3, 0.4) is 0 Å². The van der Waals surface area contributed by atoms with Crippen LogP contribution >= 0.6 is 0 Å². The zero-order valence-electron chi connectivity index (χ0n) is 12.0. The van der Waals surface area contributed by atoms with Gasteiger partial charge in [-0.05, 0) is 37.7 Å². The molecule has 0 aliphatic carbocycles. The Bertz CT molecular complexity index is 484. The van der Waals surface area contributed by atoms with Gasteiger partial charge in [0, 0.05) is 12.7 Å². The smallest absolute Gasteiger partial charge is 0.258 e. The number of hydrogen-bond acceptors (Lipinski definition) is 5. The summed E-state index contributed by atoms with van der Waals surface area (Å²) in [5, 5.41) is 8.88. The topological polar surface area (TPSA) is 82.5 Å². The van der Waals surface area contributed by atoms with E-state index in [9.17, 15) is 8.42 Å². The number of aliphatic hydroxyl groups is 1. The monoisotopic (exact) mass is 301 g/mol. The van der Waals surface area contributed by atoms with Crippen molar-refractivity contribution in [2.24, 2.45) is 0 Å². The highest BCUT2D eigenvalue weighted by Crippen LogP contribution is 2.06. The maximum Gasteiger partial charge on any atom is 0.258 e. The van der Waals surface area contributed by atoms with Gasteiger partial charge in [-0.25, -0.2) is 18.1 Å². The Morgan fingerprint density at radius 3 is 2.50 bits per heavy atom. The first kappa shape index (κ1) is 17.0.